The molecule has 0 radical (unpaired) electrons. The highest BCUT2D eigenvalue weighted by atomic mass is 32.1. The van der Waals surface area contributed by atoms with Crippen molar-refractivity contribution >= 4 is 28.1 Å². The van der Waals surface area contributed by atoms with E-state index in [9.17, 15) is 4.79 Å². The van der Waals surface area contributed by atoms with Crippen LogP contribution in [0.15, 0.2) is 29.6 Å². The number of hydrogen-bond donors (Lipinski definition) is 2. The fourth-order valence-corrected chi connectivity index (χ4v) is 3.16. The van der Waals surface area contributed by atoms with Crippen LogP contribution < -0.4 is 5.32 Å². The van der Waals surface area contributed by atoms with Crippen LogP contribution >= 0.6 is 11.3 Å². The molecule has 0 saturated carbocycles. The number of aromatic amines is 1. The molecule has 0 bridgehead atoms. The second kappa shape index (κ2) is 5.65. The fourth-order valence-electron chi connectivity index (χ4n) is 2.23. The largest absolute Gasteiger partial charge is 0.341 e. The van der Waals surface area contributed by atoms with Crippen molar-refractivity contribution in [2.45, 2.75) is 26.3 Å². The van der Waals surface area contributed by atoms with E-state index in [1.54, 1.807) is 11.3 Å². The second-order valence-corrected chi connectivity index (χ2v) is 5.77. The molecule has 1 amide bonds. The van der Waals surface area contributed by atoms with E-state index in [1.165, 1.54) is 0 Å². The van der Waals surface area contributed by atoms with Crippen LogP contribution in [0.1, 0.15) is 40.6 Å². The highest BCUT2D eigenvalue weighted by molar-refractivity contribution is 7.09. The Bertz CT molecular complexity index is 777. The Morgan fingerprint density at radius 2 is 2.24 bits per heavy atom. The van der Waals surface area contributed by atoms with Gasteiger partial charge in [0.15, 0.2) is 5.69 Å². The minimum atomic E-state index is -0.174. The first-order valence-electron chi connectivity index (χ1n) is 6.85. The van der Waals surface area contributed by atoms with Gasteiger partial charge in [0.2, 0.25) is 0 Å². The number of aryl methyl sites for hydroxylation is 1. The van der Waals surface area contributed by atoms with Crippen LogP contribution in [0.4, 0.5) is 0 Å². The number of nitrogens with zero attached hydrogens (tertiary/aromatic N) is 2. The van der Waals surface area contributed by atoms with Gasteiger partial charge in [-0.1, -0.05) is 25.1 Å². The summed E-state index contributed by atoms with van der Waals surface area (Å²) >= 11 is 1.57. The Balaban J connectivity index is 1.85. The Hall–Kier alpha value is -2.21. The minimum Gasteiger partial charge on any atom is -0.341 e. The van der Waals surface area contributed by atoms with Crippen molar-refractivity contribution in [2.24, 2.45) is 0 Å². The van der Waals surface area contributed by atoms with E-state index in [0.717, 1.165) is 28.0 Å². The van der Waals surface area contributed by atoms with Gasteiger partial charge in [0, 0.05) is 16.5 Å². The molecule has 0 aliphatic rings. The molecule has 108 valence electrons. The van der Waals surface area contributed by atoms with Gasteiger partial charge in [-0.15, -0.1) is 11.3 Å². The number of aromatic nitrogens is 3. The molecule has 2 aromatic heterocycles. The molecule has 0 aliphatic carbocycles. The highest BCUT2D eigenvalue weighted by Gasteiger charge is 2.20. The summed E-state index contributed by atoms with van der Waals surface area (Å²) < 4.78 is 0. The smallest absolute Gasteiger partial charge is 0.272 e. The summed E-state index contributed by atoms with van der Waals surface area (Å²) in [5, 5.41) is 13.8. The third-order valence-corrected chi connectivity index (χ3v) is 4.41. The number of benzene rings is 1. The zero-order chi connectivity index (χ0) is 14.8. The first-order chi connectivity index (χ1) is 10.2. The van der Waals surface area contributed by atoms with Crippen molar-refractivity contribution in [3.8, 4) is 0 Å². The predicted octanol–water partition coefficient (Wildman–Crippen LogP) is 3.21. The van der Waals surface area contributed by atoms with E-state index in [-0.39, 0.29) is 11.9 Å². The lowest BCUT2D eigenvalue weighted by Gasteiger charge is -2.13. The quantitative estimate of drug-likeness (QED) is 0.777. The first-order valence-corrected chi connectivity index (χ1v) is 7.73. The van der Waals surface area contributed by atoms with Gasteiger partial charge >= 0.3 is 0 Å². The summed E-state index contributed by atoms with van der Waals surface area (Å²) in [6.45, 7) is 3.99. The van der Waals surface area contributed by atoms with Crippen LogP contribution in [0, 0.1) is 6.92 Å². The van der Waals surface area contributed by atoms with Gasteiger partial charge in [-0.2, -0.15) is 5.10 Å². The zero-order valence-corrected chi connectivity index (χ0v) is 12.7. The number of H-pyrrole nitrogens is 1. The third kappa shape index (κ3) is 2.67. The lowest BCUT2D eigenvalue weighted by molar-refractivity contribution is 0.0932. The Labute approximate surface area is 126 Å². The van der Waals surface area contributed by atoms with E-state index < -0.39 is 0 Å². The number of fused-ring (bicyclic) bond motifs is 1. The maximum atomic E-state index is 12.5. The molecule has 1 aromatic carbocycles. The van der Waals surface area contributed by atoms with Crippen LogP contribution in [0.2, 0.25) is 0 Å². The Morgan fingerprint density at radius 1 is 1.43 bits per heavy atom. The average molecular weight is 300 g/mol. The molecular weight excluding hydrogens is 284 g/mol. The van der Waals surface area contributed by atoms with Crippen molar-refractivity contribution in [2.75, 3.05) is 0 Å². The van der Waals surface area contributed by atoms with Crippen LogP contribution in [-0.4, -0.2) is 21.1 Å². The van der Waals surface area contributed by atoms with Crippen LogP contribution in [0.3, 0.4) is 0 Å². The number of nitrogens with one attached hydrogen (secondary N) is 2. The molecule has 0 saturated heterocycles. The van der Waals surface area contributed by atoms with Gasteiger partial charge in [-0.25, -0.2) is 4.98 Å². The Kier molecular flexibility index (Phi) is 3.70. The first kappa shape index (κ1) is 13.8. The molecule has 6 heteroatoms. The number of carbonyl (C=O) groups excluding carboxylic acids is 1. The number of amides is 1. The molecule has 0 unspecified atom stereocenters. The molecule has 0 spiro atoms. The van der Waals surface area contributed by atoms with Crippen molar-refractivity contribution in [3.63, 3.8) is 0 Å². The zero-order valence-electron chi connectivity index (χ0n) is 11.9. The highest BCUT2D eigenvalue weighted by Crippen LogP contribution is 2.22. The minimum absolute atomic E-state index is 0.0772. The second-order valence-electron chi connectivity index (χ2n) is 4.88. The van der Waals surface area contributed by atoms with Gasteiger partial charge in [-0.05, 0) is 19.4 Å². The summed E-state index contributed by atoms with van der Waals surface area (Å²) in [4.78, 5) is 16.9. The maximum absolute atomic E-state index is 12.5. The normalized spacial score (nSPS) is 12.5. The summed E-state index contributed by atoms with van der Waals surface area (Å²) in [7, 11) is 0. The molecule has 5 nitrogen and oxygen atoms in total. The number of rotatable bonds is 4. The molecule has 2 N–H and O–H groups in total. The van der Waals surface area contributed by atoms with Crippen molar-refractivity contribution < 1.29 is 4.79 Å². The maximum Gasteiger partial charge on any atom is 0.272 e. The topological polar surface area (TPSA) is 70.7 Å². The van der Waals surface area contributed by atoms with Gasteiger partial charge in [0.05, 0.1) is 11.6 Å². The van der Waals surface area contributed by atoms with Gasteiger partial charge < -0.3 is 5.32 Å². The lowest BCUT2D eigenvalue weighted by atomic mass is 10.2. The molecular formula is C15H16N4OS. The standard InChI is InChI=1S/C15H16N4OS/c1-3-11(15-16-9(2)8-21-15)17-14(20)13-10-6-4-5-7-12(10)18-19-13/h4-8,11H,3H2,1-2H3,(H,17,20)(H,18,19)/t11-/m0/s1. The summed E-state index contributed by atoms with van der Waals surface area (Å²) in [6.07, 6.45) is 0.793. The summed E-state index contributed by atoms with van der Waals surface area (Å²) in [6, 6.07) is 7.53. The van der Waals surface area contributed by atoms with Crippen LogP contribution in [-0.2, 0) is 0 Å². The molecule has 2 heterocycles. The van der Waals surface area contributed by atoms with E-state index in [4.69, 9.17) is 0 Å². The van der Waals surface area contributed by atoms with Crippen molar-refractivity contribution in [3.05, 3.63) is 46.0 Å². The van der Waals surface area contributed by atoms with Crippen LogP contribution in [0.25, 0.3) is 10.9 Å². The van der Waals surface area contributed by atoms with Crippen LogP contribution in [0.5, 0.6) is 0 Å². The van der Waals surface area contributed by atoms with E-state index in [2.05, 4.69) is 20.5 Å². The number of hydrogen-bond acceptors (Lipinski definition) is 4. The molecule has 1 atom stereocenters. The fraction of sp³-hybridized carbons (Fsp3) is 0.267. The number of carbonyl (C=O) groups is 1. The summed E-state index contributed by atoms with van der Waals surface area (Å²) in [5.74, 6) is -0.174. The van der Waals surface area contributed by atoms with E-state index in [0.29, 0.717) is 5.69 Å². The van der Waals surface area contributed by atoms with Gasteiger partial charge in [0.25, 0.3) is 5.91 Å². The molecule has 3 aromatic rings. The monoisotopic (exact) mass is 300 g/mol. The molecule has 21 heavy (non-hydrogen) atoms. The van der Waals surface area contributed by atoms with E-state index >= 15 is 0 Å². The molecule has 0 aliphatic heterocycles. The average Bonchev–Trinajstić information content (AvgIpc) is 3.10. The Morgan fingerprint density at radius 3 is 2.95 bits per heavy atom. The SMILES string of the molecule is CC[C@H](NC(=O)c1n[nH]c2ccccc12)c1nc(C)cs1. The van der Waals surface area contributed by atoms with Crippen molar-refractivity contribution in [1.82, 2.24) is 20.5 Å². The van der Waals surface area contributed by atoms with E-state index in [1.807, 2.05) is 43.5 Å². The molecule has 3 rings (SSSR count). The number of thiazole rings is 1. The summed E-state index contributed by atoms with van der Waals surface area (Å²) in [5.41, 5.74) is 2.27. The lowest BCUT2D eigenvalue weighted by Crippen LogP contribution is -2.28. The molecule has 0 fully saturated rings. The predicted molar refractivity (Wildman–Crippen MR) is 83.4 cm³/mol. The van der Waals surface area contributed by atoms with Gasteiger partial charge in [0.1, 0.15) is 5.01 Å². The number of para-hydroxylation sites is 1. The van der Waals surface area contributed by atoms with Gasteiger partial charge in [-0.3, -0.25) is 9.89 Å². The third-order valence-electron chi connectivity index (χ3n) is 3.33. The van der Waals surface area contributed by atoms with Crippen molar-refractivity contribution in [1.29, 1.82) is 0 Å².